The molecule has 1 N–H and O–H groups in total. The van der Waals surface area contributed by atoms with Crippen molar-refractivity contribution >= 4 is 16.9 Å². The Balaban J connectivity index is 1.37. The summed E-state index contributed by atoms with van der Waals surface area (Å²) >= 11 is 0. The van der Waals surface area contributed by atoms with Crippen LogP contribution < -0.4 is 10.9 Å². The molecular weight excluding hydrogens is 390 g/mol. The molecule has 3 aromatic rings. The molecule has 1 aliphatic rings. The van der Waals surface area contributed by atoms with E-state index in [4.69, 9.17) is 0 Å². The van der Waals surface area contributed by atoms with Gasteiger partial charge in [0.15, 0.2) is 0 Å². The fraction of sp³-hybridized carbons (Fsp3) is 0.375. The van der Waals surface area contributed by atoms with Crippen LogP contribution in [0, 0.1) is 0 Å². The Morgan fingerprint density at radius 1 is 1.00 bits per heavy atom. The third-order valence-corrected chi connectivity index (χ3v) is 5.94. The molecule has 0 unspecified atom stereocenters. The van der Waals surface area contributed by atoms with Crippen LogP contribution in [-0.4, -0.2) is 71.6 Å². The number of aryl methyl sites for hydroxylation is 1. The molecule has 2 heterocycles. The number of amides is 1. The quantitative estimate of drug-likeness (QED) is 0.619. The summed E-state index contributed by atoms with van der Waals surface area (Å²) in [4.78, 5) is 34.5. The molecule has 31 heavy (non-hydrogen) atoms. The van der Waals surface area contributed by atoms with Crippen molar-refractivity contribution in [3.8, 4) is 11.3 Å². The number of benzene rings is 2. The van der Waals surface area contributed by atoms with Crippen LogP contribution in [0.15, 0.2) is 53.3 Å². The summed E-state index contributed by atoms with van der Waals surface area (Å²) in [6.45, 7) is 6.05. The van der Waals surface area contributed by atoms with E-state index in [0.717, 1.165) is 50.2 Å². The molecule has 0 radical (unpaired) electrons. The van der Waals surface area contributed by atoms with Crippen LogP contribution in [0.2, 0.25) is 0 Å². The lowest BCUT2D eigenvalue weighted by Crippen LogP contribution is -2.45. The zero-order valence-corrected chi connectivity index (χ0v) is 18.2. The predicted octanol–water partition coefficient (Wildman–Crippen LogP) is 1.97. The standard InChI is InChI=1S/C24H29N5O2/c1-27-14-16-29(17-15-27)13-5-12-25-23(30)19-10-8-18(9-11-19)22-24(31)28(2)21-7-4-3-6-20(21)26-22/h3-4,6-11H,5,12-17H2,1-2H3,(H,25,30). The minimum Gasteiger partial charge on any atom is -0.352 e. The first-order valence-electron chi connectivity index (χ1n) is 10.8. The maximum absolute atomic E-state index is 12.7. The zero-order valence-electron chi connectivity index (χ0n) is 18.2. The maximum Gasteiger partial charge on any atom is 0.277 e. The molecule has 1 aliphatic heterocycles. The summed E-state index contributed by atoms with van der Waals surface area (Å²) in [5, 5.41) is 2.99. The molecule has 0 saturated carbocycles. The summed E-state index contributed by atoms with van der Waals surface area (Å²) in [6, 6.07) is 14.6. The summed E-state index contributed by atoms with van der Waals surface area (Å²) < 4.78 is 1.61. The summed E-state index contributed by atoms with van der Waals surface area (Å²) in [6.07, 6.45) is 0.935. The molecule has 0 spiro atoms. The molecule has 1 aromatic heterocycles. The van der Waals surface area contributed by atoms with E-state index in [1.165, 1.54) is 0 Å². The van der Waals surface area contributed by atoms with E-state index in [9.17, 15) is 9.59 Å². The van der Waals surface area contributed by atoms with Gasteiger partial charge >= 0.3 is 0 Å². The van der Waals surface area contributed by atoms with Gasteiger partial charge in [-0.1, -0.05) is 24.3 Å². The highest BCUT2D eigenvalue weighted by Gasteiger charge is 2.14. The number of piperazine rings is 1. The van der Waals surface area contributed by atoms with Gasteiger partial charge < -0.3 is 19.7 Å². The van der Waals surface area contributed by atoms with Crippen molar-refractivity contribution in [1.82, 2.24) is 24.7 Å². The fourth-order valence-electron chi connectivity index (χ4n) is 3.92. The first kappa shape index (κ1) is 21.2. The van der Waals surface area contributed by atoms with Crippen molar-refractivity contribution in [2.24, 2.45) is 7.05 Å². The number of likely N-dealkylation sites (N-methyl/N-ethyl adjacent to an activating group) is 1. The second-order valence-corrected chi connectivity index (χ2v) is 8.15. The van der Waals surface area contributed by atoms with Crippen molar-refractivity contribution in [3.63, 3.8) is 0 Å². The van der Waals surface area contributed by atoms with Crippen LogP contribution in [0.3, 0.4) is 0 Å². The van der Waals surface area contributed by atoms with E-state index in [-0.39, 0.29) is 11.5 Å². The molecule has 1 saturated heterocycles. The van der Waals surface area contributed by atoms with Crippen molar-refractivity contribution in [2.45, 2.75) is 6.42 Å². The largest absolute Gasteiger partial charge is 0.352 e. The number of para-hydroxylation sites is 2. The predicted molar refractivity (Wildman–Crippen MR) is 123 cm³/mol. The number of nitrogens with one attached hydrogen (secondary N) is 1. The molecule has 4 rings (SSSR count). The van der Waals surface area contributed by atoms with E-state index in [2.05, 4.69) is 27.1 Å². The molecule has 1 fully saturated rings. The lowest BCUT2D eigenvalue weighted by molar-refractivity contribution is 0.0949. The van der Waals surface area contributed by atoms with Crippen LogP contribution in [0.4, 0.5) is 0 Å². The highest BCUT2D eigenvalue weighted by molar-refractivity contribution is 5.94. The molecule has 0 atom stereocenters. The second-order valence-electron chi connectivity index (χ2n) is 8.15. The Morgan fingerprint density at radius 3 is 2.45 bits per heavy atom. The van der Waals surface area contributed by atoms with Crippen molar-refractivity contribution in [1.29, 1.82) is 0 Å². The third kappa shape index (κ3) is 4.84. The van der Waals surface area contributed by atoms with E-state index in [0.29, 0.717) is 23.4 Å². The number of hydrogen-bond donors (Lipinski definition) is 1. The SMILES string of the molecule is CN1CCN(CCCNC(=O)c2ccc(-c3nc4ccccc4n(C)c3=O)cc2)CC1. The molecule has 2 aromatic carbocycles. The van der Waals surface area contributed by atoms with E-state index in [1.54, 1.807) is 35.9 Å². The van der Waals surface area contributed by atoms with Crippen molar-refractivity contribution in [3.05, 3.63) is 64.4 Å². The second kappa shape index (κ2) is 9.41. The monoisotopic (exact) mass is 419 g/mol. The Labute approximate surface area is 182 Å². The van der Waals surface area contributed by atoms with Gasteiger partial charge in [0.1, 0.15) is 5.69 Å². The third-order valence-electron chi connectivity index (χ3n) is 5.94. The number of rotatable bonds is 6. The Bertz CT molecular complexity index is 1120. The molecule has 7 heteroatoms. The average molecular weight is 420 g/mol. The van der Waals surface area contributed by atoms with Crippen molar-refractivity contribution in [2.75, 3.05) is 46.3 Å². The summed E-state index contributed by atoms with van der Waals surface area (Å²) in [7, 11) is 3.90. The van der Waals surface area contributed by atoms with Gasteiger partial charge in [0.25, 0.3) is 11.5 Å². The minimum atomic E-state index is -0.153. The van der Waals surface area contributed by atoms with Crippen LogP contribution in [0.5, 0.6) is 0 Å². The van der Waals surface area contributed by atoms with Gasteiger partial charge in [-0.15, -0.1) is 0 Å². The zero-order chi connectivity index (χ0) is 21.8. The summed E-state index contributed by atoms with van der Waals surface area (Å²) in [5.41, 5.74) is 3.09. The smallest absolute Gasteiger partial charge is 0.277 e. The molecule has 0 aliphatic carbocycles. The lowest BCUT2D eigenvalue weighted by atomic mass is 10.1. The van der Waals surface area contributed by atoms with Gasteiger partial charge in [-0.3, -0.25) is 9.59 Å². The number of carbonyl (C=O) groups is 1. The molecule has 1 amide bonds. The maximum atomic E-state index is 12.7. The molecule has 0 bridgehead atoms. The summed E-state index contributed by atoms with van der Waals surface area (Å²) in [5.74, 6) is -0.0932. The van der Waals surface area contributed by atoms with Gasteiger partial charge in [0.2, 0.25) is 0 Å². The van der Waals surface area contributed by atoms with Crippen LogP contribution in [0.25, 0.3) is 22.3 Å². The molecular formula is C24H29N5O2. The Hall–Kier alpha value is -3.03. The van der Waals surface area contributed by atoms with Crippen molar-refractivity contribution < 1.29 is 4.79 Å². The number of aromatic nitrogens is 2. The normalized spacial score (nSPS) is 15.3. The highest BCUT2D eigenvalue weighted by atomic mass is 16.1. The number of nitrogens with zero attached hydrogens (tertiary/aromatic N) is 4. The van der Waals surface area contributed by atoms with Gasteiger partial charge in [-0.25, -0.2) is 4.98 Å². The number of fused-ring (bicyclic) bond motifs is 1. The van der Waals surface area contributed by atoms with E-state index >= 15 is 0 Å². The lowest BCUT2D eigenvalue weighted by Gasteiger charge is -2.32. The van der Waals surface area contributed by atoms with E-state index < -0.39 is 0 Å². The first-order valence-corrected chi connectivity index (χ1v) is 10.8. The number of carbonyl (C=O) groups excluding carboxylic acids is 1. The average Bonchev–Trinajstić information content (AvgIpc) is 2.80. The topological polar surface area (TPSA) is 70.5 Å². The van der Waals surface area contributed by atoms with Gasteiger partial charge in [0, 0.05) is 50.9 Å². The Kier molecular flexibility index (Phi) is 6.44. The highest BCUT2D eigenvalue weighted by Crippen LogP contribution is 2.18. The number of hydrogen-bond acceptors (Lipinski definition) is 5. The van der Waals surface area contributed by atoms with E-state index in [1.807, 2.05) is 24.3 Å². The molecule has 162 valence electrons. The van der Waals surface area contributed by atoms with Gasteiger partial charge in [-0.2, -0.15) is 0 Å². The van der Waals surface area contributed by atoms with Gasteiger partial charge in [0.05, 0.1) is 11.0 Å². The van der Waals surface area contributed by atoms with Crippen LogP contribution >= 0.6 is 0 Å². The Morgan fingerprint density at radius 2 is 1.71 bits per heavy atom. The first-order chi connectivity index (χ1) is 15.0. The van der Waals surface area contributed by atoms with Gasteiger partial charge in [-0.05, 0) is 44.3 Å². The minimum absolute atomic E-state index is 0.0932. The van der Waals surface area contributed by atoms with Crippen LogP contribution in [0.1, 0.15) is 16.8 Å². The fourth-order valence-corrected chi connectivity index (χ4v) is 3.92. The molecule has 7 nitrogen and oxygen atoms in total. The van der Waals surface area contributed by atoms with Crippen LogP contribution in [-0.2, 0) is 7.05 Å².